The SMILES string of the molecule is COc1ccc(CCC(=O)NC(C)COc2ccc(C)c(C)c2)cc1. The van der Waals surface area contributed by atoms with Crippen molar-refractivity contribution in [3.8, 4) is 11.5 Å². The van der Waals surface area contributed by atoms with Gasteiger partial charge in [-0.2, -0.15) is 0 Å². The highest BCUT2D eigenvalue weighted by molar-refractivity contribution is 5.76. The van der Waals surface area contributed by atoms with Crippen LogP contribution in [0.4, 0.5) is 0 Å². The van der Waals surface area contributed by atoms with Crippen LogP contribution in [0.5, 0.6) is 11.5 Å². The van der Waals surface area contributed by atoms with E-state index >= 15 is 0 Å². The summed E-state index contributed by atoms with van der Waals surface area (Å²) in [6.07, 6.45) is 1.17. The summed E-state index contributed by atoms with van der Waals surface area (Å²) in [5.74, 6) is 1.69. The molecule has 4 nitrogen and oxygen atoms in total. The number of carbonyl (C=O) groups is 1. The minimum atomic E-state index is -0.0371. The monoisotopic (exact) mass is 341 g/mol. The lowest BCUT2D eigenvalue weighted by Crippen LogP contribution is -2.36. The molecule has 0 saturated carbocycles. The van der Waals surface area contributed by atoms with Crippen LogP contribution in [0, 0.1) is 13.8 Å². The molecule has 2 rings (SSSR count). The Bertz CT molecular complexity index is 695. The third kappa shape index (κ3) is 6.14. The molecule has 0 fully saturated rings. The molecule has 1 atom stereocenters. The second-order valence-electron chi connectivity index (χ2n) is 6.37. The Kier molecular flexibility index (Phi) is 6.87. The summed E-state index contributed by atoms with van der Waals surface area (Å²) in [6.45, 7) is 6.54. The maximum absolute atomic E-state index is 12.1. The predicted octanol–water partition coefficient (Wildman–Crippen LogP) is 3.83. The van der Waals surface area contributed by atoms with Crippen LogP contribution in [0.3, 0.4) is 0 Å². The maximum atomic E-state index is 12.1. The summed E-state index contributed by atoms with van der Waals surface area (Å²) in [5, 5.41) is 2.98. The molecule has 0 aliphatic carbocycles. The number of ether oxygens (including phenoxy) is 2. The first-order valence-corrected chi connectivity index (χ1v) is 8.60. The first kappa shape index (κ1) is 18.8. The van der Waals surface area contributed by atoms with Crippen LogP contribution < -0.4 is 14.8 Å². The molecule has 0 saturated heterocycles. The van der Waals surface area contributed by atoms with Crippen LogP contribution >= 0.6 is 0 Å². The van der Waals surface area contributed by atoms with Crippen LogP contribution in [0.15, 0.2) is 42.5 Å². The molecule has 0 radical (unpaired) electrons. The predicted molar refractivity (Wildman–Crippen MR) is 100 cm³/mol. The van der Waals surface area contributed by atoms with Crippen molar-refractivity contribution >= 4 is 5.91 Å². The average molecular weight is 341 g/mol. The quantitative estimate of drug-likeness (QED) is 0.794. The van der Waals surface area contributed by atoms with Crippen LogP contribution in [0.2, 0.25) is 0 Å². The Morgan fingerprint density at radius 3 is 2.36 bits per heavy atom. The fraction of sp³-hybridized carbons (Fsp3) is 0.381. The van der Waals surface area contributed by atoms with Gasteiger partial charge in [-0.1, -0.05) is 18.2 Å². The summed E-state index contributed by atoms with van der Waals surface area (Å²) >= 11 is 0. The van der Waals surface area contributed by atoms with Gasteiger partial charge in [-0.3, -0.25) is 4.79 Å². The highest BCUT2D eigenvalue weighted by Gasteiger charge is 2.09. The Morgan fingerprint density at radius 1 is 1.04 bits per heavy atom. The van der Waals surface area contributed by atoms with Gasteiger partial charge in [0.05, 0.1) is 13.2 Å². The molecule has 0 aliphatic rings. The van der Waals surface area contributed by atoms with Gasteiger partial charge in [-0.05, 0) is 68.1 Å². The van der Waals surface area contributed by atoms with Crippen molar-refractivity contribution in [2.75, 3.05) is 13.7 Å². The van der Waals surface area contributed by atoms with Crippen molar-refractivity contribution in [2.24, 2.45) is 0 Å². The van der Waals surface area contributed by atoms with E-state index in [2.05, 4.69) is 19.2 Å². The van der Waals surface area contributed by atoms with Crippen LogP contribution in [0.1, 0.15) is 30.0 Å². The van der Waals surface area contributed by atoms with Gasteiger partial charge in [0.1, 0.15) is 18.1 Å². The van der Waals surface area contributed by atoms with E-state index in [-0.39, 0.29) is 11.9 Å². The second kappa shape index (κ2) is 9.11. The highest BCUT2D eigenvalue weighted by Crippen LogP contribution is 2.16. The number of amides is 1. The normalized spacial score (nSPS) is 11.7. The van der Waals surface area contributed by atoms with Gasteiger partial charge in [0.2, 0.25) is 5.91 Å². The molecule has 0 bridgehead atoms. The van der Waals surface area contributed by atoms with Gasteiger partial charge in [-0.25, -0.2) is 0 Å². The summed E-state index contributed by atoms with van der Waals surface area (Å²) < 4.78 is 10.9. The summed E-state index contributed by atoms with van der Waals surface area (Å²) in [4.78, 5) is 12.1. The molecule has 1 N–H and O–H groups in total. The molecule has 4 heteroatoms. The first-order chi connectivity index (χ1) is 12.0. The van der Waals surface area contributed by atoms with Crippen molar-refractivity contribution in [3.05, 3.63) is 59.2 Å². The zero-order chi connectivity index (χ0) is 18.2. The van der Waals surface area contributed by atoms with E-state index in [0.717, 1.165) is 17.1 Å². The smallest absolute Gasteiger partial charge is 0.220 e. The van der Waals surface area contributed by atoms with Crippen LogP contribution in [-0.4, -0.2) is 25.7 Å². The van der Waals surface area contributed by atoms with Crippen molar-refractivity contribution < 1.29 is 14.3 Å². The lowest BCUT2D eigenvalue weighted by atomic mass is 10.1. The van der Waals surface area contributed by atoms with Gasteiger partial charge in [0.15, 0.2) is 0 Å². The number of hydrogen-bond donors (Lipinski definition) is 1. The van der Waals surface area contributed by atoms with Crippen LogP contribution in [0.25, 0.3) is 0 Å². The number of carbonyl (C=O) groups excluding carboxylic acids is 1. The minimum absolute atomic E-state index is 0.0343. The van der Waals surface area contributed by atoms with E-state index < -0.39 is 0 Å². The van der Waals surface area contributed by atoms with Gasteiger partial charge in [0, 0.05) is 6.42 Å². The first-order valence-electron chi connectivity index (χ1n) is 8.60. The number of nitrogens with one attached hydrogen (secondary N) is 1. The lowest BCUT2D eigenvalue weighted by Gasteiger charge is -2.16. The average Bonchev–Trinajstić information content (AvgIpc) is 2.61. The second-order valence-corrected chi connectivity index (χ2v) is 6.37. The van der Waals surface area contributed by atoms with E-state index in [4.69, 9.17) is 9.47 Å². The number of benzene rings is 2. The Balaban J connectivity index is 1.72. The van der Waals surface area contributed by atoms with Crippen molar-refractivity contribution in [2.45, 2.75) is 39.7 Å². The fourth-order valence-corrected chi connectivity index (χ4v) is 2.46. The maximum Gasteiger partial charge on any atom is 0.220 e. The molecule has 2 aromatic carbocycles. The number of aryl methyl sites for hydroxylation is 3. The van der Waals surface area contributed by atoms with Crippen molar-refractivity contribution in [1.82, 2.24) is 5.32 Å². The zero-order valence-corrected chi connectivity index (χ0v) is 15.5. The van der Waals surface area contributed by atoms with Gasteiger partial charge >= 0.3 is 0 Å². The van der Waals surface area contributed by atoms with Gasteiger partial charge in [0.25, 0.3) is 0 Å². The summed E-state index contributed by atoms with van der Waals surface area (Å²) in [5.41, 5.74) is 3.57. The van der Waals surface area contributed by atoms with E-state index in [1.807, 2.05) is 49.4 Å². The molecule has 134 valence electrons. The van der Waals surface area contributed by atoms with E-state index in [0.29, 0.717) is 19.4 Å². The van der Waals surface area contributed by atoms with Crippen LogP contribution in [-0.2, 0) is 11.2 Å². The van der Waals surface area contributed by atoms with E-state index in [1.54, 1.807) is 7.11 Å². The molecular weight excluding hydrogens is 314 g/mol. The van der Waals surface area contributed by atoms with Gasteiger partial charge < -0.3 is 14.8 Å². The Morgan fingerprint density at radius 2 is 1.72 bits per heavy atom. The Hall–Kier alpha value is -2.49. The van der Waals surface area contributed by atoms with E-state index in [1.165, 1.54) is 11.1 Å². The lowest BCUT2D eigenvalue weighted by molar-refractivity contribution is -0.121. The molecule has 1 amide bonds. The highest BCUT2D eigenvalue weighted by atomic mass is 16.5. The molecule has 1 unspecified atom stereocenters. The third-order valence-corrected chi connectivity index (χ3v) is 4.19. The molecule has 0 spiro atoms. The zero-order valence-electron chi connectivity index (χ0n) is 15.5. The largest absolute Gasteiger partial charge is 0.497 e. The van der Waals surface area contributed by atoms with Gasteiger partial charge in [-0.15, -0.1) is 0 Å². The van der Waals surface area contributed by atoms with Crippen molar-refractivity contribution in [1.29, 1.82) is 0 Å². The Labute approximate surface area is 150 Å². The molecule has 0 heterocycles. The number of rotatable bonds is 8. The third-order valence-electron chi connectivity index (χ3n) is 4.19. The molecule has 2 aromatic rings. The standard InChI is InChI=1S/C21H27NO3/c1-15-5-9-20(13-16(15)2)25-14-17(3)22-21(23)12-8-18-6-10-19(24-4)11-7-18/h5-7,9-11,13,17H,8,12,14H2,1-4H3,(H,22,23). The van der Waals surface area contributed by atoms with E-state index in [9.17, 15) is 4.79 Å². The topological polar surface area (TPSA) is 47.6 Å². The molecular formula is C21H27NO3. The molecule has 0 aromatic heterocycles. The number of hydrogen-bond acceptors (Lipinski definition) is 3. The minimum Gasteiger partial charge on any atom is -0.497 e. The van der Waals surface area contributed by atoms with Crippen molar-refractivity contribution in [3.63, 3.8) is 0 Å². The molecule has 25 heavy (non-hydrogen) atoms. The fourth-order valence-electron chi connectivity index (χ4n) is 2.46. The summed E-state index contributed by atoms with van der Waals surface area (Å²) in [7, 11) is 1.64. The number of methoxy groups -OCH3 is 1. The molecule has 0 aliphatic heterocycles. The summed E-state index contributed by atoms with van der Waals surface area (Å²) in [6, 6.07) is 13.8.